The number of amides is 3. The first-order valence-electron chi connectivity index (χ1n) is 9.87. The number of nitrogens with one attached hydrogen (secondary N) is 1. The number of piperidine rings is 1. The number of hydrogen-bond donors (Lipinski definition) is 1. The van der Waals surface area contributed by atoms with Crippen LogP contribution in [0.15, 0.2) is 54.6 Å². The smallest absolute Gasteiger partial charge is 0.321 e. The lowest BCUT2D eigenvalue weighted by molar-refractivity contribution is -0.130. The monoisotopic (exact) mass is 379 g/mol. The summed E-state index contributed by atoms with van der Waals surface area (Å²) in [5.41, 5.74) is 0.727. The van der Waals surface area contributed by atoms with Gasteiger partial charge in [0, 0.05) is 37.8 Å². The number of urea groups is 1. The molecular weight excluding hydrogens is 354 g/mol. The van der Waals surface area contributed by atoms with Crippen LogP contribution in [0.1, 0.15) is 25.7 Å². The topological polar surface area (TPSA) is 61.9 Å². The van der Waals surface area contributed by atoms with E-state index in [4.69, 9.17) is 4.74 Å². The van der Waals surface area contributed by atoms with E-state index in [-0.39, 0.29) is 18.0 Å². The molecule has 146 valence electrons. The number of rotatable bonds is 4. The highest BCUT2D eigenvalue weighted by Gasteiger charge is 2.32. The van der Waals surface area contributed by atoms with E-state index < -0.39 is 0 Å². The summed E-state index contributed by atoms with van der Waals surface area (Å²) < 4.78 is 5.78. The van der Waals surface area contributed by atoms with Gasteiger partial charge in [-0.25, -0.2) is 4.79 Å². The van der Waals surface area contributed by atoms with Crippen LogP contribution >= 0.6 is 0 Å². The third-order valence-electron chi connectivity index (χ3n) is 5.32. The van der Waals surface area contributed by atoms with Crippen molar-refractivity contribution in [3.63, 3.8) is 0 Å². The lowest BCUT2D eigenvalue weighted by atomic mass is 10.0. The maximum Gasteiger partial charge on any atom is 0.321 e. The number of carbonyl (C=O) groups excluding carboxylic acids is 2. The van der Waals surface area contributed by atoms with Crippen molar-refractivity contribution in [1.82, 2.24) is 9.80 Å². The molecule has 0 bridgehead atoms. The summed E-state index contributed by atoms with van der Waals surface area (Å²) in [5.74, 6) is 1.71. The summed E-state index contributed by atoms with van der Waals surface area (Å²) in [6.45, 7) is 2.15. The molecule has 0 saturated carbocycles. The Morgan fingerprint density at radius 1 is 0.964 bits per heavy atom. The number of benzene rings is 2. The third-order valence-corrected chi connectivity index (χ3v) is 5.32. The van der Waals surface area contributed by atoms with Crippen LogP contribution < -0.4 is 10.1 Å². The van der Waals surface area contributed by atoms with Gasteiger partial charge in [0.2, 0.25) is 5.91 Å². The lowest BCUT2D eigenvalue weighted by Gasteiger charge is -2.37. The first kappa shape index (κ1) is 18.3. The Hall–Kier alpha value is -3.02. The number of ether oxygens (including phenoxy) is 1. The van der Waals surface area contributed by atoms with Crippen LogP contribution in [0.5, 0.6) is 11.5 Å². The number of nitrogens with zero attached hydrogens (tertiary/aromatic N) is 2. The van der Waals surface area contributed by atoms with E-state index >= 15 is 0 Å². The number of carbonyl (C=O) groups is 2. The zero-order valence-electron chi connectivity index (χ0n) is 15.8. The van der Waals surface area contributed by atoms with Crippen LogP contribution in [0, 0.1) is 0 Å². The van der Waals surface area contributed by atoms with Gasteiger partial charge in [-0.3, -0.25) is 4.79 Å². The minimum atomic E-state index is -0.118. The van der Waals surface area contributed by atoms with Gasteiger partial charge in [0.1, 0.15) is 11.5 Å². The molecule has 0 radical (unpaired) electrons. The Morgan fingerprint density at radius 2 is 1.71 bits per heavy atom. The van der Waals surface area contributed by atoms with E-state index in [1.807, 2.05) is 64.4 Å². The molecular formula is C22H25N3O3. The Kier molecular flexibility index (Phi) is 5.46. The maximum atomic E-state index is 12.7. The van der Waals surface area contributed by atoms with E-state index in [0.29, 0.717) is 13.0 Å². The highest BCUT2D eigenvalue weighted by atomic mass is 16.5. The largest absolute Gasteiger partial charge is 0.457 e. The molecule has 2 saturated heterocycles. The van der Waals surface area contributed by atoms with Gasteiger partial charge in [-0.2, -0.15) is 0 Å². The van der Waals surface area contributed by atoms with Gasteiger partial charge in [0.25, 0.3) is 0 Å². The van der Waals surface area contributed by atoms with Crippen molar-refractivity contribution in [3.05, 3.63) is 54.6 Å². The fourth-order valence-corrected chi connectivity index (χ4v) is 3.88. The molecule has 28 heavy (non-hydrogen) atoms. The van der Waals surface area contributed by atoms with Gasteiger partial charge >= 0.3 is 6.03 Å². The second kappa shape index (κ2) is 8.33. The Labute approximate surface area is 165 Å². The highest BCUT2D eigenvalue weighted by molar-refractivity contribution is 5.89. The van der Waals surface area contributed by atoms with Crippen LogP contribution in [-0.4, -0.2) is 47.4 Å². The Morgan fingerprint density at radius 3 is 2.43 bits per heavy atom. The molecule has 1 atom stereocenters. The van der Waals surface area contributed by atoms with Gasteiger partial charge in [-0.15, -0.1) is 0 Å². The molecule has 3 amide bonds. The minimum Gasteiger partial charge on any atom is -0.457 e. The predicted octanol–water partition coefficient (Wildman–Crippen LogP) is 4.10. The van der Waals surface area contributed by atoms with Gasteiger partial charge in [-0.1, -0.05) is 18.2 Å². The second-order valence-corrected chi connectivity index (χ2v) is 7.30. The zero-order valence-corrected chi connectivity index (χ0v) is 15.8. The molecule has 6 nitrogen and oxygen atoms in total. The lowest BCUT2D eigenvalue weighted by Crippen LogP contribution is -2.51. The normalized spacial score (nSPS) is 19.6. The van der Waals surface area contributed by atoms with Crippen molar-refractivity contribution < 1.29 is 14.3 Å². The molecule has 2 fully saturated rings. The summed E-state index contributed by atoms with van der Waals surface area (Å²) >= 11 is 0. The molecule has 0 unspecified atom stereocenters. The van der Waals surface area contributed by atoms with Crippen molar-refractivity contribution in [3.8, 4) is 11.5 Å². The molecule has 2 aliphatic rings. The van der Waals surface area contributed by atoms with Gasteiger partial charge < -0.3 is 19.9 Å². The fourth-order valence-electron chi connectivity index (χ4n) is 3.88. The van der Waals surface area contributed by atoms with E-state index in [9.17, 15) is 9.59 Å². The zero-order chi connectivity index (χ0) is 19.3. The van der Waals surface area contributed by atoms with E-state index in [0.717, 1.165) is 49.5 Å². The highest BCUT2D eigenvalue weighted by Crippen LogP contribution is 2.24. The Bertz CT molecular complexity index is 823. The SMILES string of the molecule is O=C(Nc1ccc(Oc2ccccc2)cc1)N1CCC[C@H](N2CCCC2=O)C1. The van der Waals surface area contributed by atoms with Gasteiger partial charge in [0.15, 0.2) is 0 Å². The van der Waals surface area contributed by atoms with Crippen molar-refractivity contribution in [2.75, 3.05) is 25.0 Å². The number of anilines is 1. The van der Waals surface area contributed by atoms with E-state index in [1.54, 1.807) is 0 Å². The molecule has 2 aromatic carbocycles. The summed E-state index contributed by atoms with van der Waals surface area (Å²) in [4.78, 5) is 28.4. The molecule has 4 rings (SSSR count). The average molecular weight is 379 g/mol. The van der Waals surface area contributed by atoms with Crippen molar-refractivity contribution >= 4 is 17.6 Å². The summed E-state index contributed by atoms with van der Waals surface area (Å²) in [5, 5.41) is 2.95. The first-order chi connectivity index (χ1) is 13.7. The average Bonchev–Trinajstić information content (AvgIpc) is 3.16. The van der Waals surface area contributed by atoms with Crippen molar-refractivity contribution in [2.45, 2.75) is 31.7 Å². The van der Waals surface area contributed by atoms with E-state index in [2.05, 4.69) is 5.32 Å². The quantitative estimate of drug-likeness (QED) is 0.870. The standard InChI is InChI=1S/C22H25N3O3/c26-21-9-5-15-25(21)18-6-4-14-24(16-18)22(27)23-17-10-12-20(13-11-17)28-19-7-2-1-3-8-19/h1-3,7-8,10-13,18H,4-6,9,14-16H2,(H,23,27)/t18-/m0/s1. The third kappa shape index (κ3) is 4.27. The summed E-state index contributed by atoms with van der Waals surface area (Å²) in [6.07, 6.45) is 3.46. The number of hydrogen-bond acceptors (Lipinski definition) is 3. The summed E-state index contributed by atoms with van der Waals surface area (Å²) in [7, 11) is 0. The Balaban J connectivity index is 1.33. The van der Waals surface area contributed by atoms with E-state index in [1.165, 1.54) is 0 Å². The predicted molar refractivity (Wildman–Crippen MR) is 108 cm³/mol. The van der Waals surface area contributed by atoms with Gasteiger partial charge in [-0.05, 0) is 55.7 Å². The summed E-state index contributed by atoms with van der Waals surface area (Å²) in [6, 6.07) is 17.0. The molecule has 2 aromatic rings. The molecule has 0 spiro atoms. The van der Waals surface area contributed by atoms with Crippen LogP contribution in [0.3, 0.4) is 0 Å². The van der Waals surface area contributed by atoms with Crippen LogP contribution in [0.2, 0.25) is 0 Å². The molecule has 1 N–H and O–H groups in total. The first-order valence-corrected chi connectivity index (χ1v) is 9.87. The van der Waals surface area contributed by atoms with Crippen LogP contribution in [0.4, 0.5) is 10.5 Å². The fraction of sp³-hybridized carbons (Fsp3) is 0.364. The van der Waals surface area contributed by atoms with Gasteiger partial charge in [0.05, 0.1) is 0 Å². The molecule has 0 aliphatic carbocycles. The van der Waals surface area contributed by atoms with Crippen LogP contribution in [-0.2, 0) is 4.79 Å². The van der Waals surface area contributed by atoms with Crippen LogP contribution in [0.25, 0.3) is 0 Å². The molecule has 0 aromatic heterocycles. The number of para-hydroxylation sites is 1. The molecule has 2 heterocycles. The molecule has 6 heteroatoms. The van der Waals surface area contributed by atoms with Crippen molar-refractivity contribution in [2.24, 2.45) is 0 Å². The maximum absolute atomic E-state index is 12.7. The second-order valence-electron chi connectivity index (χ2n) is 7.30. The van der Waals surface area contributed by atoms with Crippen molar-refractivity contribution in [1.29, 1.82) is 0 Å². The minimum absolute atomic E-state index is 0.118. The molecule has 2 aliphatic heterocycles. The number of likely N-dealkylation sites (tertiary alicyclic amines) is 2.